The number of carbonyl (C=O) groups excluding carboxylic acids is 2. The van der Waals surface area contributed by atoms with E-state index in [2.05, 4.69) is 33.3 Å². The summed E-state index contributed by atoms with van der Waals surface area (Å²) in [6.45, 7) is 5.92. The van der Waals surface area contributed by atoms with Crippen molar-refractivity contribution in [2.75, 3.05) is 36.5 Å². The second-order valence-corrected chi connectivity index (χ2v) is 8.87. The van der Waals surface area contributed by atoms with E-state index < -0.39 is 0 Å². The van der Waals surface area contributed by atoms with Gasteiger partial charge in [0, 0.05) is 55.9 Å². The molecule has 1 aromatic carbocycles. The maximum atomic E-state index is 12.7. The zero-order chi connectivity index (χ0) is 24.4. The monoisotopic (exact) mass is 472 g/mol. The lowest BCUT2D eigenvalue weighted by Gasteiger charge is -2.39. The average Bonchev–Trinajstić information content (AvgIpc) is 2.89. The minimum Gasteiger partial charge on any atom is -0.378 e. The van der Waals surface area contributed by atoms with E-state index in [1.807, 2.05) is 23.1 Å². The highest BCUT2D eigenvalue weighted by molar-refractivity contribution is 5.95. The van der Waals surface area contributed by atoms with Gasteiger partial charge in [0.2, 0.25) is 5.91 Å². The van der Waals surface area contributed by atoms with Gasteiger partial charge in [-0.15, -0.1) is 0 Å². The average molecular weight is 473 g/mol. The predicted octanol–water partition coefficient (Wildman–Crippen LogP) is 3.31. The first-order valence-electron chi connectivity index (χ1n) is 11.8. The largest absolute Gasteiger partial charge is 0.378 e. The lowest BCUT2D eigenvalue weighted by molar-refractivity contribution is -0.117. The van der Waals surface area contributed by atoms with Crippen molar-refractivity contribution >= 4 is 23.3 Å². The van der Waals surface area contributed by atoms with Crippen LogP contribution in [0.25, 0.3) is 11.1 Å². The molecule has 35 heavy (non-hydrogen) atoms. The highest BCUT2D eigenvalue weighted by Gasteiger charge is 2.33. The summed E-state index contributed by atoms with van der Waals surface area (Å²) in [5.74, 6) is 0.617. The van der Waals surface area contributed by atoms with Crippen LogP contribution in [-0.2, 0) is 9.53 Å². The summed E-state index contributed by atoms with van der Waals surface area (Å²) in [5.41, 5.74) is 4.18. The maximum Gasteiger partial charge on any atom is 0.272 e. The fourth-order valence-electron chi connectivity index (χ4n) is 4.83. The number of pyridine rings is 1. The van der Waals surface area contributed by atoms with Crippen molar-refractivity contribution in [3.05, 3.63) is 66.4 Å². The molecule has 0 aliphatic carbocycles. The lowest BCUT2D eigenvalue weighted by Crippen LogP contribution is -2.43. The van der Waals surface area contributed by atoms with Gasteiger partial charge in [-0.1, -0.05) is 12.1 Å². The van der Waals surface area contributed by atoms with Crippen molar-refractivity contribution in [1.82, 2.24) is 19.9 Å². The van der Waals surface area contributed by atoms with Gasteiger partial charge in [-0.3, -0.25) is 19.6 Å². The summed E-state index contributed by atoms with van der Waals surface area (Å²) < 4.78 is 5.33. The minimum atomic E-state index is -0.0791. The van der Waals surface area contributed by atoms with Gasteiger partial charge in [-0.2, -0.15) is 0 Å². The number of rotatable bonds is 4. The Morgan fingerprint density at radius 1 is 1.03 bits per heavy atom. The molecule has 0 unspecified atom stereocenters. The van der Waals surface area contributed by atoms with Crippen LogP contribution in [0.15, 0.2) is 55.1 Å². The number of carbonyl (C=O) groups is 2. The molecule has 1 fully saturated rings. The third-order valence-corrected chi connectivity index (χ3v) is 6.52. The number of nitrogens with one attached hydrogen (secondary N) is 1. The molecule has 9 nitrogen and oxygen atoms in total. The molecule has 3 aromatic rings. The van der Waals surface area contributed by atoms with Crippen molar-refractivity contribution in [1.29, 1.82) is 0 Å². The van der Waals surface area contributed by atoms with E-state index in [1.165, 1.54) is 0 Å². The molecule has 2 aliphatic heterocycles. The van der Waals surface area contributed by atoms with E-state index in [0.717, 1.165) is 28.8 Å². The molecule has 0 spiro atoms. The third-order valence-electron chi connectivity index (χ3n) is 6.52. The highest BCUT2D eigenvalue weighted by atomic mass is 16.5. The summed E-state index contributed by atoms with van der Waals surface area (Å²) in [5, 5.41) is 3.48. The van der Waals surface area contributed by atoms with Gasteiger partial charge in [0.25, 0.3) is 5.91 Å². The second-order valence-electron chi connectivity index (χ2n) is 8.87. The number of hydrogen-bond donors (Lipinski definition) is 1. The van der Waals surface area contributed by atoms with Gasteiger partial charge in [0.1, 0.15) is 11.5 Å². The molecule has 2 atom stereocenters. The van der Waals surface area contributed by atoms with Crippen molar-refractivity contribution in [2.45, 2.75) is 32.4 Å². The number of hydrogen-bond acceptors (Lipinski definition) is 7. The topological polar surface area (TPSA) is 101 Å². The summed E-state index contributed by atoms with van der Waals surface area (Å²) in [6, 6.07) is 9.75. The Bertz CT molecular complexity index is 1210. The number of amides is 2. The number of fused-ring (bicyclic) bond motifs is 1. The Morgan fingerprint density at radius 2 is 1.83 bits per heavy atom. The van der Waals surface area contributed by atoms with Crippen LogP contribution in [0.1, 0.15) is 42.4 Å². The van der Waals surface area contributed by atoms with Crippen LogP contribution in [0.3, 0.4) is 0 Å². The Morgan fingerprint density at radius 3 is 2.51 bits per heavy atom. The van der Waals surface area contributed by atoms with Gasteiger partial charge in [-0.05, 0) is 42.7 Å². The molecule has 2 aromatic heterocycles. The van der Waals surface area contributed by atoms with Crippen molar-refractivity contribution < 1.29 is 14.3 Å². The Hall–Kier alpha value is -3.85. The third kappa shape index (κ3) is 4.72. The summed E-state index contributed by atoms with van der Waals surface area (Å²) in [4.78, 5) is 41.8. The van der Waals surface area contributed by atoms with Gasteiger partial charge >= 0.3 is 0 Å². The van der Waals surface area contributed by atoms with Gasteiger partial charge < -0.3 is 19.9 Å². The van der Waals surface area contributed by atoms with Crippen molar-refractivity contribution in [3.63, 3.8) is 0 Å². The quantitative estimate of drug-likeness (QED) is 0.622. The number of nitrogens with zero attached hydrogens (tertiary/aromatic N) is 5. The molecule has 0 bridgehead atoms. The number of morpholine rings is 1. The van der Waals surface area contributed by atoms with E-state index in [0.29, 0.717) is 37.8 Å². The van der Waals surface area contributed by atoms with Gasteiger partial charge in [0.15, 0.2) is 0 Å². The molecule has 1 saturated heterocycles. The fraction of sp³-hybridized carbons (Fsp3) is 0.346. The van der Waals surface area contributed by atoms with E-state index in [4.69, 9.17) is 4.74 Å². The molecular weight excluding hydrogens is 444 g/mol. The Balaban J connectivity index is 1.45. The Kier molecular flexibility index (Phi) is 6.41. The second kappa shape index (κ2) is 9.79. The van der Waals surface area contributed by atoms with Crippen LogP contribution < -0.4 is 10.2 Å². The van der Waals surface area contributed by atoms with Gasteiger partial charge in [-0.25, -0.2) is 4.98 Å². The molecule has 9 heteroatoms. The van der Waals surface area contributed by atoms with Crippen LogP contribution >= 0.6 is 0 Å². The molecule has 2 amide bonds. The molecule has 4 heterocycles. The lowest BCUT2D eigenvalue weighted by atomic mass is 9.89. The zero-order valence-corrected chi connectivity index (χ0v) is 19.8. The van der Waals surface area contributed by atoms with E-state index in [-0.39, 0.29) is 23.9 Å². The van der Waals surface area contributed by atoms with Crippen LogP contribution in [-0.4, -0.2) is 64.0 Å². The van der Waals surface area contributed by atoms with Crippen molar-refractivity contribution in [3.8, 4) is 11.1 Å². The Labute approximate surface area is 204 Å². The molecule has 5 rings (SSSR count). The zero-order valence-electron chi connectivity index (χ0n) is 19.8. The van der Waals surface area contributed by atoms with Crippen molar-refractivity contribution in [2.24, 2.45) is 0 Å². The molecule has 0 radical (unpaired) electrons. The number of benzene rings is 1. The molecular formula is C26H28N6O3. The first kappa shape index (κ1) is 22.9. The molecule has 1 N–H and O–H groups in total. The fourth-order valence-corrected chi connectivity index (χ4v) is 4.83. The highest BCUT2D eigenvalue weighted by Crippen LogP contribution is 2.40. The summed E-state index contributed by atoms with van der Waals surface area (Å²) >= 11 is 0. The number of anilines is 2. The smallest absolute Gasteiger partial charge is 0.272 e. The first-order chi connectivity index (χ1) is 17.0. The van der Waals surface area contributed by atoms with Crippen LogP contribution in [0.2, 0.25) is 0 Å². The summed E-state index contributed by atoms with van der Waals surface area (Å²) in [7, 11) is 0. The minimum absolute atomic E-state index is 0.0112. The maximum absolute atomic E-state index is 12.7. The summed E-state index contributed by atoms with van der Waals surface area (Å²) in [6.07, 6.45) is 7.45. The van der Waals surface area contributed by atoms with Crippen LogP contribution in [0, 0.1) is 0 Å². The molecule has 0 saturated carbocycles. The molecule has 2 aliphatic rings. The van der Waals surface area contributed by atoms with E-state index >= 15 is 0 Å². The van der Waals surface area contributed by atoms with E-state index in [1.54, 1.807) is 42.7 Å². The first-order valence-corrected chi connectivity index (χ1v) is 11.8. The van der Waals surface area contributed by atoms with Crippen LogP contribution in [0.4, 0.5) is 11.5 Å². The van der Waals surface area contributed by atoms with Gasteiger partial charge in [0.05, 0.1) is 25.5 Å². The number of aromatic nitrogens is 3. The van der Waals surface area contributed by atoms with Crippen LogP contribution in [0.5, 0.6) is 0 Å². The standard InChI is InChI=1S/C26H28N6O3/c1-17-13-23(30-25-16-27-7-8-28-25)21-14-19(4-6-24(21)32(17)18(2)33)20-3-5-22(29-15-20)26(34)31-9-11-35-12-10-31/h3-8,14-17,23H,9-13H2,1-2H3,(H,28,30)/t17-,23+/m0/s1. The molecule has 180 valence electrons. The normalized spacial score (nSPS) is 19.7. The predicted molar refractivity (Wildman–Crippen MR) is 132 cm³/mol. The van der Waals surface area contributed by atoms with E-state index in [9.17, 15) is 9.59 Å². The SMILES string of the molecule is CC(=O)N1c2ccc(-c3ccc(C(=O)N4CCOCC4)nc3)cc2[C@H](Nc2cnccn2)C[C@@H]1C. The number of ether oxygens (including phenoxy) is 1.